The molecule has 1 amide bonds. The Balaban J connectivity index is 2.93. The van der Waals surface area contributed by atoms with Gasteiger partial charge in [-0.3, -0.25) is 4.79 Å². The van der Waals surface area contributed by atoms with Gasteiger partial charge in [0.1, 0.15) is 11.9 Å². The van der Waals surface area contributed by atoms with Crippen molar-refractivity contribution < 1.29 is 18.7 Å². The van der Waals surface area contributed by atoms with Gasteiger partial charge in [0.15, 0.2) is 0 Å². The van der Waals surface area contributed by atoms with Gasteiger partial charge in [-0.05, 0) is 29.8 Å². The van der Waals surface area contributed by atoms with Crippen LogP contribution in [0.25, 0.3) is 0 Å². The van der Waals surface area contributed by atoms with Crippen LogP contribution in [0.5, 0.6) is 0 Å². The molecule has 0 heterocycles. The highest BCUT2D eigenvalue weighted by atomic mass is 35.5. The zero-order valence-corrected chi connectivity index (χ0v) is 11.0. The highest BCUT2D eigenvalue weighted by molar-refractivity contribution is 6.30. The Morgan fingerprint density at radius 1 is 1.58 bits per heavy atom. The normalized spacial score (nSPS) is 11.5. The first kappa shape index (κ1) is 15.2. The van der Waals surface area contributed by atoms with Crippen LogP contribution in [-0.2, 0) is 20.7 Å². The van der Waals surface area contributed by atoms with Crippen molar-refractivity contribution >= 4 is 23.5 Å². The van der Waals surface area contributed by atoms with Gasteiger partial charge in [0.2, 0.25) is 5.91 Å². The lowest BCUT2D eigenvalue weighted by molar-refractivity contribution is -0.144. The van der Waals surface area contributed by atoms with Crippen molar-refractivity contribution in [3.8, 4) is 0 Å². The number of halogens is 2. The Morgan fingerprint density at radius 2 is 2.26 bits per heavy atom. The van der Waals surface area contributed by atoms with E-state index >= 15 is 0 Å². The van der Waals surface area contributed by atoms with Crippen LogP contribution >= 0.6 is 11.6 Å². The van der Waals surface area contributed by atoms with E-state index in [0.29, 0.717) is 5.02 Å². The number of carbonyl (C=O) groups is 2. The number of benzene rings is 1. The summed E-state index contributed by atoms with van der Waals surface area (Å²) < 4.78 is 18.1. The van der Waals surface area contributed by atoms with Crippen LogP contribution in [0.3, 0.4) is 0 Å². The Morgan fingerprint density at radius 3 is 2.84 bits per heavy atom. The van der Waals surface area contributed by atoms with Gasteiger partial charge in [0, 0.05) is 11.4 Å². The lowest BCUT2D eigenvalue weighted by Crippen LogP contribution is -2.42. The molecule has 1 aromatic rings. The maximum absolute atomic E-state index is 13.6. The first-order valence-electron chi connectivity index (χ1n) is 5.42. The molecule has 1 N–H and O–H groups in total. The molecule has 1 aromatic carbocycles. The van der Waals surface area contributed by atoms with Crippen LogP contribution in [0.4, 0.5) is 4.39 Å². The molecule has 0 saturated carbocycles. The summed E-state index contributed by atoms with van der Waals surface area (Å²) in [7, 11) is 1.18. The third kappa shape index (κ3) is 4.37. The minimum absolute atomic E-state index is 0.0569. The summed E-state index contributed by atoms with van der Waals surface area (Å²) in [5.74, 6) is -1.72. The van der Waals surface area contributed by atoms with E-state index in [1.54, 1.807) is 0 Å². The summed E-state index contributed by atoms with van der Waals surface area (Å²) in [6.07, 6.45) is 0.961. The second-order valence-corrected chi connectivity index (χ2v) is 4.16. The molecule has 1 rings (SSSR count). The monoisotopic (exact) mass is 285 g/mol. The summed E-state index contributed by atoms with van der Waals surface area (Å²) in [6.45, 7) is 3.28. The SMILES string of the molecule is C=CC(=O)N[C@H](Cc1cc(Cl)ccc1F)C(=O)OC. The number of esters is 1. The number of carbonyl (C=O) groups excluding carboxylic acids is 2. The fourth-order valence-electron chi connectivity index (χ4n) is 1.49. The van der Waals surface area contributed by atoms with Gasteiger partial charge in [0.25, 0.3) is 0 Å². The smallest absolute Gasteiger partial charge is 0.328 e. The van der Waals surface area contributed by atoms with Crippen LogP contribution < -0.4 is 5.32 Å². The van der Waals surface area contributed by atoms with Crippen molar-refractivity contribution in [1.29, 1.82) is 0 Å². The molecule has 102 valence electrons. The number of ether oxygens (including phenoxy) is 1. The first-order chi connectivity index (χ1) is 8.97. The van der Waals surface area contributed by atoms with Gasteiger partial charge < -0.3 is 10.1 Å². The molecule has 0 radical (unpaired) electrons. The molecule has 0 aliphatic heterocycles. The standard InChI is InChI=1S/C13H13ClFNO3/c1-3-12(17)16-11(13(18)19-2)7-8-6-9(14)4-5-10(8)15/h3-6,11H,1,7H2,2H3,(H,16,17)/t11-/m1/s1. The summed E-state index contributed by atoms with van der Waals surface area (Å²) in [6, 6.07) is 2.99. The predicted molar refractivity (Wildman–Crippen MR) is 69.3 cm³/mol. The number of hydrogen-bond donors (Lipinski definition) is 1. The Labute approximate surface area is 115 Å². The average Bonchev–Trinajstić information content (AvgIpc) is 2.40. The van der Waals surface area contributed by atoms with Gasteiger partial charge in [0.05, 0.1) is 7.11 Å². The molecule has 0 bridgehead atoms. The van der Waals surface area contributed by atoms with Gasteiger partial charge in [-0.1, -0.05) is 18.2 Å². The molecule has 0 aromatic heterocycles. The maximum Gasteiger partial charge on any atom is 0.328 e. The van der Waals surface area contributed by atoms with E-state index in [-0.39, 0.29) is 12.0 Å². The van der Waals surface area contributed by atoms with E-state index in [9.17, 15) is 14.0 Å². The second kappa shape index (κ2) is 6.89. The van der Waals surface area contributed by atoms with Crippen molar-refractivity contribution in [2.45, 2.75) is 12.5 Å². The van der Waals surface area contributed by atoms with Gasteiger partial charge in [-0.25, -0.2) is 9.18 Å². The molecule has 6 heteroatoms. The predicted octanol–water partition coefficient (Wildman–Crippen LogP) is 1.87. The summed E-state index contributed by atoms with van der Waals surface area (Å²) >= 11 is 5.76. The molecule has 0 spiro atoms. The second-order valence-electron chi connectivity index (χ2n) is 3.73. The minimum Gasteiger partial charge on any atom is -0.467 e. The zero-order chi connectivity index (χ0) is 14.4. The van der Waals surface area contributed by atoms with Crippen LogP contribution in [0.1, 0.15) is 5.56 Å². The third-order valence-corrected chi connectivity index (χ3v) is 2.65. The van der Waals surface area contributed by atoms with Crippen molar-refractivity contribution in [3.05, 3.63) is 47.3 Å². The van der Waals surface area contributed by atoms with Gasteiger partial charge >= 0.3 is 5.97 Å². The lowest BCUT2D eigenvalue weighted by atomic mass is 10.1. The number of rotatable bonds is 5. The third-order valence-electron chi connectivity index (χ3n) is 2.42. The summed E-state index contributed by atoms with van der Waals surface area (Å²) in [4.78, 5) is 22.8. The van der Waals surface area contributed by atoms with Crippen LogP contribution in [-0.4, -0.2) is 25.0 Å². The zero-order valence-electron chi connectivity index (χ0n) is 10.3. The topological polar surface area (TPSA) is 55.4 Å². The lowest BCUT2D eigenvalue weighted by Gasteiger charge is -2.16. The van der Waals surface area contributed by atoms with E-state index < -0.39 is 23.7 Å². The van der Waals surface area contributed by atoms with Crippen LogP contribution in [0.15, 0.2) is 30.9 Å². The largest absolute Gasteiger partial charge is 0.467 e. The molecule has 19 heavy (non-hydrogen) atoms. The molecule has 0 aliphatic rings. The van der Waals surface area contributed by atoms with E-state index in [2.05, 4.69) is 16.6 Å². The molecule has 0 aliphatic carbocycles. The molecule has 4 nitrogen and oxygen atoms in total. The van der Waals surface area contributed by atoms with Crippen LogP contribution in [0, 0.1) is 5.82 Å². The van der Waals surface area contributed by atoms with Crippen molar-refractivity contribution in [1.82, 2.24) is 5.32 Å². The quantitative estimate of drug-likeness (QED) is 0.664. The van der Waals surface area contributed by atoms with Gasteiger partial charge in [-0.15, -0.1) is 0 Å². The highest BCUT2D eigenvalue weighted by Gasteiger charge is 2.22. The number of amides is 1. The Bertz CT molecular complexity index is 505. The molecule has 1 atom stereocenters. The summed E-state index contributed by atoms with van der Waals surface area (Å²) in [5.41, 5.74) is 0.215. The van der Waals surface area contributed by atoms with Crippen molar-refractivity contribution in [3.63, 3.8) is 0 Å². The van der Waals surface area contributed by atoms with Crippen molar-refractivity contribution in [2.75, 3.05) is 7.11 Å². The molecular weight excluding hydrogens is 273 g/mol. The van der Waals surface area contributed by atoms with E-state index in [1.165, 1.54) is 25.3 Å². The fraction of sp³-hybridized carbons (Fsp3) is 0.231. The Hall–Kier alpha value is -1.88. The molecule has 0 saturated heterocycles. The fourth-order valence-corrected chi connectivity index (χ4v) is 1.68. The van der Waals surface area contributed by atoms with E-state index in [0.717, 1.165) is 6.08 Å². The van der Waals surface area contributed by atoms with Crippen molar-refractivity contribution in [2.24, 2.45) is 0 Å². The number of methoxy groups -OCH3 is 1. The number of hydrogen-bond acceptors (Lipinski definition) is 3. The summed E-state index contributed by atoms with van der Waals surface area (Å²) in [5, 5.41) is 2.71. The van der Waals surface area contributed by atoms with E-state index in [4.69, 9.17) is 11.6 Å². The molecule has 0 unspecified atom stereocenters. The Kier molecular flexibility index (Phi) is 5.51. The highest BCUT2D eigenvalue weighted by Crippen LogP contribution is 2.16. The van der Waals surface area contributed by atoms with Gasteiger partial charge in [-0.2, -0.15) is 0 Å². The van der Waals surface area contributed by atoms with E-state index in [1.807, 2.05) is 0 Å². The minimum atomic E-state index is -0.997. The first-order valence-corrected chi connectivity index (χ1v) is 5.80. The molecule has 0 fully saturated rings. The number of nitrogens with one attached hydrogen (secondary N) is 1. The van der Waals surface area contributed by atoms with Crippen LogP contribution in [0.2, 0.25) is 5.02 Å². The molecular formula is C13H13ClFNO3. The maximum atomic E-state index is 13.6. The average molecular weight is 286 g/mol.